The van der Waals surface area contributed by atoms with Crippen LogP contribution in [0.5, 0.6) is 11.5 Å². The highest BCUT2D eigenvalue weighted by atomic mass is 16.5. The molecule has 0 aromatic heterocycles. The van der Waals surface area contributed by atoms with Gasteiger partial charge in [-0.1, -0.05) is 52.4 Å². The number of hydrogen-bond acceptors (Lipinski definition) is 7. The van der Waals surface area contributed by atoms with Crippen LogP contribution in [-0.2, 0) is 14.3 Å². The van der Waals surface area contributed by atoms with Crippen LogP contribution in [0.3, 0.4) is 0 Å². The van der Waals surface area contributed by atoms with E-state index in [1.165, 1.54) is 51.0 Å². The number of unbranched alkanes of at least 4 members (excludes halogenated alkanes) is 6. The first-order valence-corrected chi connectivity index (χ1v) is 13.8. The topological polar surface area (TPSA) is 111 Å². The summed E-state index contributed by atoms with van der Waals surface area (Å²) in [6.07, 6.45) is 12.3. The Morgan fingerprint density at radius 2 is 1.05 bits per heavy atom. The number of carbonyl (C=O) groups is 2. The summed E-state index contributed by atoms with van der Waals surface area (Å²) in [5.74, 6) is 0.670. The molecular formula is C30H42N4O5. The van der Waals surface area contributed by atoms with Crippen molar-refractivity contribution in [2.24, 2.45) is 10.2 Å². The van der Waals surface area contributed by atoms with E-state index in [-0.39, 0.29) is 13.2 Å². The normalized spacial score (nSPS) is 11.1. The van der Waals surface area contributed by atoms with E-state index in [1.54, 1.807) is 0 Å². The summed E-state index contributed by atoms with van der Waals surface area (Å²) < 4.78 is 16.5. The second-order valence-electron chi connectivity index (χ2n) is 9.04. The number of hydrogen-bond donors (Lipinski definition) is 2. The molecule has 0 aliphatic rings. The van der Waals surface area contributed by atoms with Crippen molar-refractivity contribution < 1.29 is 23.8 Å². The molecule has 0 saturated carbocycles. The molecule has 0 fully saturated rings. The van der Waals surface area contributed by atoms with Gasteiger partial charge in [0.1, 0.15) is 24.7 Å². The highest BCUT2D eigenvalue weighted by Gasteiger charge is 2.04. The molecule has 212 valence electrons. The molecule has 0 aliphatic carbocycles. The highest BCUT2D eigenvalue weighted by Crippen LogP contribution is 2.13. The van der Waals surface area contributed by atoms with Gasteiger partial charge in [0.2, 0.25) is 0 Å². The Balaban J connectivity index is 1.56. The molecule has 2 rings (SSSR count). The number of nitrogens with one attached hydrogen (secondary N) is 2. The number of hydrazone groups is 2. The van der Waals surface area contributed by atoms with Crippen molar-refractivity contribution in [3.05, 3.63) is 59.7 Å². The molecule has 0 saturated heterocycles. The Hall–Kier alpha value is -3.72. The van der Waals surface area contributed by atoms with Gasteiger partial charge < -0.3 is 14.2 Å². The molecule has 0 heterocycles. The van der Waals surface area contributed by atoms with Gasteiger partial charge in [-0.25, -0.2) is 10.9 Å². The molecule has 9 heteroatoms. The number of carbonyl (C=O) groups excluding carboxylic acids is 2. The summed E-state index contributed by atoms with van der Waals surface area (Å²) >= 11 is 0. The number of amides is 2. The molecule has 0 bridgehead atoms. The van der Waals surface area contributed by atoms with Crippen LogP contribution in [-0.4, -0.2) is 50.7 Å². The van der Waals surface area contributed by atoms with Crippen molar-refractivity contribution in [3.8, 4) is 11.5 Å². The molecule has 9 nitrogen and oxygen atoms in total. The van der Waals surface area contributed by atoms with E-state index in [9.17, 15) is 9.59 Å². The van der Waals surface area contributed by atoms with Gasteiger partial charge in [-0.2, -0.15) is 10.2 Å². The van der Waals surface area contributed by atoms with E-state index >= 15 is 0 Å². The summed E-state index contributed by atoms with van der Waals surface area (Å²) in [7, 11) is 0. The fraction of sp³-hybridized carbons (Fsp3) is 0.467. The Labute approximate surface area is 232 Å². The first-order valence-electron chi connectivity index (χ1n) is 13.8. The minimum absolute atomic E-state index is 0.306. The molecule has 0 aliphatic heterocycles. The van der Waals surface area contributed by atoms with Crippen LogP contribution < -0.4 is 20.3 Å². The van der Waals surface area contributed by atoms with Crippen molar-refractivity contribution in [1.29, 1.82) is 0 Å². The average molecular weight is 539 g/mol. The molecule has 2 aromatic rings. The van der Waals surface area contributed by atoms with Crippen LogP contribution in [0.15, 0.2) is 58.7 Å². The average Bonchev–Trinajstić information content (AvgIpc) is 2.94. The number of nitrogens with zero attached hydrogens (tertiary/aromatic N) is 2. The fourth-order valence-electron chi connectivity index (χ4n) is 3.40. The third kappa shape index (κ3) is 15.3. The van der Waals surface area contributed by atoms with E-state index in [4.69, 9.17) is 14.2 Å². The monoisotopic (exact) mass is 538 g/mol. The zero-order valence-electron chi connectivity index (χ0n) is 23.2. The number of rotatable bonds is 20. The van der Waals surface area contributed by atoms with Gasteiger partial charge in [0, 0.05) is 0 Å². The molecule has 0 atom stereocenters. The summed E-state index contributed by atoms with van der Waals surface area (Å²) in [5.41, 5.74) is 6.37. The maximum Gasteiger partial charge on any atom is 0.266 e. The van der Waals surface area contributed by atoms with Gasteiger partial charge in [-0.15, -0.1) is 0 Å². The largest absolute Gasteiger partial charge is 0.494 e. The first kappa shape index (κ1) is 31.5. The Morgan fingerprint density at radius 1 is 0.641 bits per heavy atom. The third-order valence-electron chi connectivity index (χ3n) is 5.57. The summed E-state index contributed by atoms with van der Waals surface area (Å²) in [6.45, 7) is 5.16. The van der Waals surface area contributed by atoms with Crippen LogP contribution in [0.1, 0.15) is 76.3 Å². The standard InChI is InChI=1S/C30H42N4O5/c1-3-5-7-9-19-38-27-15-11-25(12-16-27)21-31-33-29(35)23-37-24-30(36)34-32-22-26-13-17-28(18-14-26)39-20-10-8-6-4-2/h11-18,21-22H,3-10,19-20,23-24H2,1-2H3,(H,33,35)(H,34,36). The smallest absolute Gasteiger partial charge is 0.266 e. The van der Waals surface area contributed by atoms with Gasteiger partial charge >= 0.3 is 0 Å². The molecule has 2 aromatic carbocycles. The van der Waals surface area contributed by atoms with E-state index in [0.29, 0.717) is 13.2 Å². The zero-order valence-corrected chi connectivity index (χ0v) is 23.2. The summed E-state index contributed by atoms with van der Waals surface area (Å²) in [4.78, 5) is 23.7. The molecule has 2 N–H and O–H groups in total. The van der Waals surface area contributed by atoms with Gasteiger partial charge in [0.15, 0.2) is 0 Å². The number of benzene rings is 2. The SMILES string of the molecule is CCCCCCOc1ccc(C=NNC(=O)COCC(=O)NN=Cc2ccc(OCCCCCC)cc2)cc1. The van der Waals surface area contributed by atoms with Gasteiger partial charge in [-0.3, -0.25) is 9.59 Å². The van der Waals surface area contributed by atoms with Crippen molar-refractivity contribution in [2.75, 3.05) is 26.4 Å². The summed E-state index contributed by atoms with van der Waals surface area (Å²) in [6, 6.07) is 14.9. The lowest BCUT2D eigenvalue weighted by Gasteiger charge is -2.06. The fourth-order valence-corrected chi connectivity index (χ4v) is 3.40. The van der Waals surface area contributed by atoms with E-state index in [2.05, 4.69) is 34.9 Å². The molecule has 0 radical (unpaired) electrons. The van der Waals surface area contributed by atoms with Crippen LogP contribution >= 0.6 is 0 Å². The van der Waals surface area contributed by atoms with Crippen molar-refractivity contribution in [2.45, 2.75) is 65.2 Å². The minimum Gasteiger partial charge on any atom is -0.494 e. The zero-order chi connectivity index (χ0) is 28.0. The Morgan fingerprint density at radius 3 is 1.44 bits per heavy atom. The predicted octanol–water partition coefficient (Wildman–Crippen LogP) is 5.22. The molecule has 0 unspecified atom stereocenters. The molecule has 0 spiro atoms. The Kier molecular flexibility index (Phi) is 16.4. The van der Waals surface area contributed by atoms with Crippen LogP contribution in [0.2, 0.25) is 0 Å². The van der Waals surface area contributed by atoms with Crippen LogP contribution in [0.25, 0.3) is 0 Å². The van der Waals surface area contributed by atoms with Crippen molar-refractivity contribution in [1.82, 2.24) is 10.9 Å². The Bertz CT molecular complexity index is 926. The van der Waals surface area contributed by atoms with Gasteiger partial charge in [0.25, 0.3) is 11.8 Å². The van der Waals surface area contributed by atoms with Crippen molar-refractivity contribution in [3.63, 3.8) is 0 Å². The van der Waals surface area contributed by atoms with Crippen molar-refractivity contribution >= 4 is 24.2 Å². The van der Waals surface area contributed by atoms with Gasteiger partial charge in [0.05, 0.1) is 25.6 Å². The molecular weight excluding hydrogens is 496 g/mol. The third-order valence-corrected chi connectivity index (χ3v) is 5.57. The maximum atomic E-state index is 11.9. The second kappa shape index (κ2) is 20.3. The van der Waals surface area contributed by atoms with Crippen LogP contribution in [0, 0.1) is 0 Å². The lowest BCUT2D eigenvalue weighted by atomic mass is 10.2. The first-order chi connectivity index (χ1) is 19.1. The quantitative estimate of drug-likeness (QED) is 0.136. The second-order valence-corrected chi connectivity index (χ2v) is 9.04. The number of ether oxygens (including phenoxy) is 3. The lowest BCUT2D eigenvalue weighted by molar-refractivity contribution is -0.130. The van der Waals surface area contributed by atoms with E-state index < -0.39 is 11.8 Å². The minimum atomic E-state index is -0.470. The predicted molar refractivity (Wildman–Crippen MR) is 154 cm³/mol. The summed E-state index contributed by atoms with van der Waals surface area (Å²) in [5, 5.41) is 7.81. The van der Waals surface area contributed by atoms with E-state index in [0.717, 1.165) is 35.5 Å². The maximum absolute atomic E-state index is 11.9. The molecule has 2 amide bonds. The van der Waals surface area contributed by atoms with Crippen LogP contribution in [0.4, 0.5) is 0 Å². The lowest BCUT2D eigenvalue weighted by Crippen LogP contribution is -2.28. The highest BCUT2D eigenvalue weighted by molar-refractivity contribution is 5.84. The van der Waals surface area contributed by atoms with E-state index in [1.807, 2.05) is 48.5 Å². The molecule has 39 heavy (non-hydrogen) atoms. The van der Waals surface area contributed by atoms with Gasteiger partial charge in [-0.05, 0) is 72.5 Å².